The monoisotopic (exact) mass is 956 g/mol. The van der Waals surface area contributed by atoms with Gasteiger partial charge in [-0.25, -0.2) is 87.8 Å². The predicted octanol–water partition coefficient (Wildman–Crippen LogP) is 10.8. The molecular weight excluding hydrogens is 939 g/mol. The molecule has 0 aliphatic heterocycles. The van der Waals surface area contributed by atoms with Crippen molar-refractivity contribution in [2.45, 2.75) is 5.75 Å². The van der Waals surface area contributed by atoms with Gasteiger partial charge < -0.3 is 0 Å². The van der Waals surface area contributed by atoms with E-state index in [1.807, 2.05) is 0 Å². The number of hydrogen-bond acceptors (Lipinski definition) is 0. The van der Waals surface area contributed by atoms with Gasteiger partial charge in [0.15, 0.2) is 69.8 Å². The normalized spacial score (nSPS) is 12.0. The van der Waals surface area contributed by atoms with Crippen LogP contribution in [-0.2, 0) is 16.6 Å². The molecule has 0 spiro atoms. The lowest BCUT2D eigenvalue weighted by Gasteiger charge is -2.44. The van der Waals surface area contributed by atoms with Crippen molar-refractivity contribution in [3.63, 3.8) is 0 Å². The third kappa shape index (κ3) is 6.79. The highest BCUT2D eigenvalue weighted by atomic mass is 32.2. The molecule has 0 radical (unpaired) electrons. The van der Waals surface area contributed by atoms with Crippen LogP contribution in [0.1, 0.15) is 5.56 Å². The molecule has 0 saturated heterocycles. The van der Waals surface area contributed by atoms with E-state index in [1.165, 1.54) is 43.6 Å². The zero-order valence-electron chi connectivity index (χ0n) is 31.9. The van der Waals surface area contributed by atoms with Crippen LogP contribution in [0.3, 0.4) is 0 Å². The van der Waals surface area contributed by atoms with Gasteiger partial charge in [-0.05, 0) is 43.2 Å². The van der Waals surface area contributed by atoms with Gasteiger partial charge >= 0.3 is 0 Å². The number of benzene rings is 8. The zero-order valence-corrected chi connectivity index (χ0v) is 32.8. The highest BCUT2D eigenvalue weighted by Crippen LogP contribution is 2.37. The van der Waals surface area contributed by atoms with E-state index in [1.54, 1.807) is 0 Å². The maximum atomic E-state index is 15.4. The Kier molecular flexibility index (Phi) is 12.0. The molecule has 8 aromatic carbocycles. The minimum absolute atomic E-state index is 0.432. The molecule has 0 aliphatic carbocycles. The van der Waals surface area contributed by atoms with Crippen molar-refractivity contribution in [3.8, 4) is 0 Å². The summed E-state index contributed by atoms with van der Waals surface area (Å²) in [6.07, 6.45) is -2.58. The lowest BCUT2D eigenvalue weighted by atomic mass is 9.12. The molecule has 0 bridgehead atoms. The summed E-state index contributed by atoms with van der Waals surface area (Å²) in [6.45, 7) is 0. The number of halogens is 20. The third-order valence-electron chi connectivity index (χ3n) is 10.8. The van der Waals surface area contributed by atoms with Crippen LogP contribution in [0, 0.1) is 116 Å². The Hall–Kier alpha value is -6.19. The van der Waals surface area contributed by atoms with E-state index in [4.69, 9.17) is 0 Å². The van der Waals surface area contributed by atoms with Gasteiger partial charge in [-0.3, -0.25) is 0 Å². The minimum Gasteiger partial charge on any atom is -0.207 e. The standard InChI is InChI=1S/C24BF20.C19H17S/c26-5-1(6(27)14(35)21(42)13(5)34)25(2-7(28)15(36)22(43)16(37)8(2)29,3-9(30)17(38)23(44)18(39)10(3)31)4-11(32)19(40)24(45)20(41)12(4)33;1-20(2)12-16-9-8-15-7-6-13-4-3-5-14-10-11-17(16)19(15)18(13)14/h;3-11H,12H2,1-2H3/q-1;+1. The van der Waals surface area contributed by atoms with Gasteiger partial charge in [-0.2, -0.15) is 0 Å². The Labute approximate surface area is 353 Å². The summed E-state index contributed by atoms with van der Waals surface area (Å²) in [6, 6.07) is 20.3. The van der Waals surface area contributed by atoms with Gasteiger partial charge in [-0.15, -0.1) is 21.9 Å². The number of hydrogen-bond donors (Lipinski definition) is 0. The molecule has 0 amide bonds. The zero-order chi connectivity index (χ0) is 48.0. The topological polar surface area (TPSA) is 0 Å². The highest BCUT2D eigenvalue weighted by molar-refractivity contribution is 7.94. The van der Waals surface area contributed by atoms with Crippen molar-refractivity contribution < 1.29 is 87.8 Å². The second-order valence-corrected chi connectivity index (χ2v) is 16.8. The minimum atomic E-state index is -7.22. The predicted molar refractivity (Wildman–Crippen MR) is 202 cm³/mol. The summed E-state index contributed by atoms with van der Waals surface area (Å²) in [4.78, 5) is 0. The van der Waals surface area contributed by atoms with E-state index in [9.17, 15) is 52.7 Å². The van der Waals surface area contributed by atoms with Crippen LogP contribution in [-0.4, -0.2) is 18.7 Å². The molecule has 0 atom stereocenters. The molecule has 338 valence electrons. The largest absolute Gasteiger partial charge is 0.207 e. The van der Waals surface area contributed by atoms with Crippen LogP contribution in [0.2, 0.25) is 0 Å². The van der Waals surface area contributed by atoms with Crippen LogP contribution in [0.4, 0.5) is 87.8 Å². The Morgan fingerprint density at radius 1 is 0.308 bits per heavy atom. The molecule has 8 aromatic rings. The molecule has 0 heterocycles. The summed E-state index contributed by atoms with van der Waals surface area (Å²) in [5, 5.41) is 8.38. The summed E-state index contributed by atoms with van der Waals surface area (Å²) in [5.41, 5.74) is -12.8. The van der Waals surface area contributed by atoms with E-state index in [-0.39, 0.29) is 0 Å². The molecule has 0 aliphatic rings. The van der Waals surface area contributed by atoms with E-state index in [2.05, 4.69) is 67.1 Å². The van der Waals surface area contributed by atoms with E-state index in [0.29, 0.717) is 10.9 Å². The SMILES string of the molecule is C[S+](C)Cc1ccc2ccc3cccc4ccc1c2c34.Fc1c(F)c(F)c([B-](c2c(F)c(F)c(F)c(F)c2F)(c2c(F)c(F)c(F)c(F)c2F)c2c(F)c(F)c(F)c(F)c2F)c(F)c1F. The highest BCUT2D eigenvalue weighted by Gasteiger charge is 2.52. The quantitative estimate of drug-likeness (QED) is 0.0389. The van der Waals surface area contributed by atoms with Crippen molar-refractivity contribution in [1.29, 1.82) is 0 Å². The summed E-state index contributed by atoms with van der Waals surface area (Å²) >= 11 is 0. The smallest absolute Gasteiger partial charge is 0.200 e. The molecule has 0 saturated carbocycles. The lowest BCUT2D eigenvalue weighted by molar-refractivity contribution is 0.378. The molecule has 0 N–H and O–H groups in total. The second-order valence-electron chi connectivity index (χ2n) is 14.5. The fourth-order valence-corrected chi connectivity index (χ4v) is 8.98. The molecule has 22 heteroatoms. The van der Waals surface area contributed by atoms with Crippen LogP contribution >= 0.6 is 0 Å². The van der Waals surface area contributed by atoms with Crippen molar-refractivity contribution >= 4 is 71.2 Å². The number of rotatable bonds is 6. The summed E-state index contributed by atoms with van der Waals surface area (Å²) < 4.78 is 294. The van der Waals surface area contributed by atoms with E-state index in [0.717, 1.165) is 0 Å². The first kappa shape index (κ1) is 46.8. The first-order chi connectivity index (χ1) is 30.4. The Morgan fingerprint density at radius 2 is 0.554 bits per heavy atom. The van der Waals surface area contributed by atoms with Crippen LogP contribution < -0.4 is 21.9 Å². The van der Waals surface area contributed by atoms with Gasteiger partial charge in [0.1, 0.15) is 58.4 Å². The fourth-order valence-electron chi connectivity index (χ4n) is 8.11. The molecule has 0 aromatic heterocycles. The average molecular weight is 956 g/mol. The van der Waals surface area contributed by atoms with Crippen LogP contribution in [0.5, 0.6) is 0 Å². The third-order valence-corrected chi connectivity index (χ3v) is 11.7. The van der Waals surface area contributed by atoms with E-state index < -0.39 is 144 Å². The maximum absolute atomic E-state index is 15.4. The molecule has 0 unspecified atom stereocenters. The van der Waals surface area contributed by atoms with Gasteiger partial charge in [0, 0.05) is 5.56 Å². The lowest BCUT2D eigenvalue weighted by Crippen LogP contribution is -2.81. The first-order valence-corrected chi connectivity index (χ1v) is 20.1. The Bertz CT molecular complexity index is 2880. The maximum Gasteiger partial charge on any atom is 0.200 e. The molecular formula is C43H17BF20S. The Balaban J connectivity index is 0.000000258. The fraction of sp³-hybridized carbons (Fsp3) is 0.0698. The molecule has 0 nitrogen and oxygen atoms in total. The van der Waals surface area contributed by atoms with Gasteiger partial charge in [0.2, 0.25) is 0 Å². The van der Waals surface area contributed by atoms with Crippen molar-refractivity contribution in [3.05, 3.63) is 177 Å². The summed E-state index contributed by atoms with van der Waals surface area (Å²) in [7, 11) is 0.432. The van der Waals surface area contributed by atoms with Gasteiger partial charge in [0.25, 0.3) is 0 Å². The second kappa shape index (κ2) is 16.7. The van der Waals surface area contributed by atoms with Gasteiger partial charge in [0.05, 0.1) is 12.5 Å². The summed E-state index contributed by atoms with van der Waals surface area (Å²) in [5.74, 6) is -70.2. The van der Waals surface area contributed by atoms with E-state index >= 15 is 35.1 Å². The van der Waals surface area contributed by atoms with Crippen molar-refractivity contribution in [1.82, 2.24) is 0 Å². The first-order valence-electron chi connectivity index (χ1n) is 17.9. The van der Waals surface area contributed by atoms with Crippen LogP contribution in [0.15, 0.2) is 54.6 Å². The molecule has 0 fully saturated rings. The molecule has 8 rings (SSSR count). The van der Waals surface area contributed by atoms with Gasteiger partial charge in [-0.1, -0.05) is 54.6 Å². The Morgan fingerprint density at radius 3 is 0.846 bits per heavy atom. The van der Waals surface area contributed by atoms with Crippen molar-refractivity contribution in [2.24, 2.45) is 0 Å². The van der Waals surface area contributed by atoms with Crippen molar-refractivity contribution in [2.75, 3.05) is 12.5 Å². The average Bonchev–Trinajstić information content (AvgIpc) is 3.28. The molecule has 65 heavy (non-hydrogen) atoms. The van der Waals surface area contributed by atoms with Crippen LogP contribution in [0.25, 0.3) is 32.3 Å².